The predicted octanol–water partition coefficient (Wildman–Crippen LogP) is 2.86. The molecule has 2 aromatic rings. The fourth-order valence-electron chi connectivity index (χ4n) is 3.40. The minimum Gasteiger partial charge on any atom is -0.378 e. The Balaban J connectivity index is 1.47. The van der Waals surface area contributed by atoms with Gasteiger partial charge in [0.1, 0.15) is 5.82 Å². The van der Waals surface area contributed by atoms with E-state index in [1.807, 2.05) is 30.5 Å². The van der Waals surface area contributed by atoms with E-state index in [1.54, 1.807) is 11.8 Å². The van der Waals surface area contributed by atoms with E-state index in [1.165, 1.54) is 0 Å². The zero-order valence-corrected chi connectivity index (χ0v) is 18.4. The molecule has 0 saturated carbocycles. The zero-order valence-electron chi connectivity index (χ0n) is 17.6. The highest BCUT2D eigenvalue weighted by atomic mass is 32.2. The van der Waals surface area contributed by atoms with E-state index in [-0.39, 0.29) is 5.91 Å². The van der Waals surface area contributed by atoms with Crippen LogP contribution in [0.5, 0.6) is 0 Å². The number of carbonyl (C=O) groups is 1. The largest absolute Gasteiger partial charge is 0.378 e. The minimum atomic E-state index is -0.0352. The van der Waals surface area contributed by atoms with E-state index in [9.17, 15) is 4.79 Å². The summed E-state index contributed by atoms with van der Waals surface area (Å²) in [5.74, 6) is 1.50. The molecule has 29 heavy (non-hydrogen) atoms. The summed E-state index contributed by atoms with van der Waals surface area (Å²) in [7, 11) is 0. The second kappa shape index (κ2) is 10.6. The number of amides is 1. The maximum atomic E-state index is 12.4. The number of ether oxygens (including phenoxy) is 1. The molecule has 0 spiro atoms. The lowest BCUT2D eigenvalue weighted by Crippen LogP contribution is -2.36. The molecule has 2 heterocycles. The molecule has 0 aliphatic carbocycles. The molecule has 3 rings (SSSR count). The number of hydrogen-bond acceptors (Lipinski definition) is 6. The molecule has 1 fully saturated rings. The first-order valence-electron chi connectivity index (χ1n) is 10.3. The lowest BCUT2D eigenvalue weighted by Gasteiger charge is -2.28. The Morgan fingerprint density at radius 2 is 1.93 bits per heavy atom. The highest BCUT2D eigenvalue weighted by Gasteiger charge is 2.14. The Labute approximate surface area is 177 Å². The van der Waals surface area contributed by atoms with Crippen LogP contribution in [0.1, 0.15) is 36.5 Å². The van der Waals surface area contributed by atoms with Gasteiger partial charge < -0.3 is 19.5 Å². The molecule has 0 unspecified atom stereocenters. The smallest absolute Gasteiger partial charge is 0.251 e. The summed E-state index contributed by atoms with van der Waals surface area (Å²) in [5, 5.41) is 12.6. The molecule has 1 saturated heterocycles. The Morgan fingerprint density at radius 3 is 2.59 bits per heavy atom. The number of aromatic nitrogens is 3. The minimum absolute atomic E-state index is 0.0352. The highest BCUT2D eigenvalue weighted by molar-refractivity contribution is 7.98. The van der Waals surface area contributed by atoms with E-state index in [2.05, 4.69) is 38.8 Å². The Kier molecular flexibility index (Phi) is 7.94. The first kappa shape index (κ1) is 21.6. The fraction of sp³-hybridized carbons (Fsp3) is 0.571. The monoisotopic (exact) mass is 417 g/mol. The van der Waals surface area contributed by atoms with Gasteiger partial charge in [-0.1, -0.05) is 25.6 Å². The lowest BCUT2D eigenvalue weighted by atomic mass is 10.1. The van der Waals surface area contributed by atoms with Crippen LogP contribution >= 0.6 is 11.8 Å². The van der Waals surface area contributed by atoms with Gasteiger partial charge in [-0.3, -0.25) is 4.79 Å². The van der Waals surface area contributed by atoms with Crippen LogP contribution in [0.4, 0.5) is 5.69 Å². The molecule has 1 amide bonds. The number of aryl methyl sites for hydroxylation is 1. The van der Waals surface area contributed by atoms with Crippen molar-refractivity contribution in [3.63, 3.8) is 0 Å². The molecular formula is C21H31N5O2S. The van der Waals surface area contributed by atoms with Crippen molar-refractivity contribution in [1.82, 2.24) is 20.1 Å². The molecule has 0 radical (unpaired) electrons. The number of morpholine rings is 1. The number of anilines is 1. The maximum Gasteiger partial charge on any atom is 0.251 e. The van der Waals surface area contributed by atoms with Gasteiger partial charge in [0.05, 0.1) is 13.2 Å². The zero-order chi connectivity index (χ0) is 20.6. The molecule has 1 aromatic heterocycles. The second-order valence-corrected chi connectivity index (χ2v) is 8.39. The van der Waals surface area contributed by atoms with Crippen LogP contribution in [0, 0.1) is 5.92 Å². The van der Waals surface area contributed by atoms with Gasteiger partial charge in [0.15, 0.2) is 5.16 Å². The normalized spacial score (nSPS) is 14.4. The Bertz CT molecular complexity index is 785. The average Bonchev–Trinajstić information content (AvgIpc) is 3.12. The first-order chi connectivity index (χ1) is 14.1. The van der Waals surface area contributed by atoms with Gasteiger partial charge in [0.2, 0.25) is 0 Å². The lowest BCUT2D eigenvalue weighted by molar-refractivity contribution is 0.0953. The van der Waals surface area contributed by atoms with Crippen LogP contribution in [0.15, 0.2) is 29.4 Å². The summed E-state index contributed by atoms with van der Waals surface area (Å²) in [4.78, 5) is 14.7. The van der Waals surface area contributed by atoms with Gasteiger partial charge >= 0.3 is 0 Å². The van der Waals surface area contributed by atoms with Gasteiger partial charge in [-0.2, -0.15) is 0 Å². The first-order valence-corrected chi connectivity index (χ1v) is 11.5. The molecule has 1 aliphatic heterocycles. The third-order valence-corrected chi connectivity index (χ3v) is 5.56. The third-order valence-electron chi connectivity index (χ3n) is 4.89. The molecule has 0 bridgehead atoms. The SMILES string of the molecule is CSc1nnc(CCCNC(=O)c2ccc(N3CCOCC3)cc2)n1CC(C)C. The van der Waals surface area contributed by atoms with Gasteiger partial charge in [-0.25, -0.2) is 0 Å². The topological polar surface area (TPSA) is 72.3 Å². The number of rotatable bonds is 9. The molecule has 1 N–H and O–H groups in total. The van der Waals surface area contributed by atoms with Crippen molar-refractivity contribution in [1.29, 1.82) is 0 Å². The van der Waals surface area contributed by atoms with E-state index in [0.29, 0.717) is 18.0 Å². The molecule has 1 aliphatic rings. The molecular weight excluding hydrogens is 386 g/mol. The predicted molar refractivity (Wildman–Crippen MR) is 117 cm³/mol. The van der Waals surface area contributed by atoms with Gasteiger partial charge in [0, 0.05) is 43.9 Å². The molecule has 1 aromatic carbocycles. The summed E-state index contributed by atoms with van der Waals surface area (Å²) in [6, 6.07) is 7.81. The number of carbonyl (C=O) groups excluding carboxylic acids is 1. The summed E-state index contributed by atoms with van der Waals surface area (Å²) < 4.78 is 7.58. The van der Waals surface area contributed by atoms with Crippen molar-refractivity contribution < 1.29 is 9.53 Å². The maximum absolute atomic E-state index is 12.4. The van der Waals surface area contributed by atoms with Gasteiger partial charge in [-0.05, 0) is 42.9 Å². The summed E-state index contributed by atoms with van der Waals surface area (Å²) in [6.07, 6.45) is 3.66. The van der Waals surface area contributed by atoms with Crippen molar-refractivity contribution >= 4 is 23.4 Å². The van der Waals surface area contributed by atoms with Crippen molar-refractivity contribution in [2.75, 3.05) is 44.0 Å². The summed E-state index contributed by atoms with van der Waals surface area (Å²) in [6.45, 7) is 9.22. The molecule has 8 heteroatoms. The van der Waals surface area contributed by atoms with Crippen LogP contribution in [-0.4, -0.2) is 59.8 Å². The van der Waals surface area contributed by atoms with Crippen molar-refractivity contribution in [3.8, 4) is 0 Å². The van der Waals surface area contributed by atoms with Crippen LogP contribution in [0.3, 0.4) is 0 Å². The summed E-state index contributed by atoms with van der Waals surface area (Å²) in [5.41, 5.74) is 1.83. The Morgan fingerprint density at radius 1 is 1.21 bits per heavy atom. The number of nitrogens with zero attached hydrogens (tertiary/aromatic N) is 4. The van der Waals surface area contributed by atoms with Crippen LogP contribution < -0.4 is 10.2 Å². The standard InChI is InChI=1S/C21H31N5O2S/c1-16(2)15-26-19(23-24-21(26)29-3)5-4-10-22-20(27)17-6-8-18(9-7-17)25-11-13-28-14-12-25/h6-9,16H,4-5,10-15H2,1-3H3,(H,22,27). The van der Waals surface area contributed by atoms with Gasteiger partial charge in [-0.15, -0.1) is 10.2 Å². The van der Waals surface area contributed by atoms with Crippen molar-refractivity contribution in [2.24, 2.45) is 5.92 Å². The van der Waals surface area contributed by atoms with E-state index in [0.717, 1.165) is 62.4 Å². The van der Waals surface area contributed by atoms with E-state index >= 15 is 0 Å². The van der Waals surface area contributed by atoms with Crippen LogP contribution in [-0.2, 0) is 17.7 Å². The van der Waals surface area contributed by atoms with Crippen molar-refractivity contribution in [3.05, 3.63) is 35.7 Å². The number of thioether (sulfide) groups is 1. The van der Waals surface area contributed by atoms with Crippen LogP contribution in [0.2, 0.25) is 0 Å². The number of benzene rings is 1. The highest BCUT2D eigenvalue weighted by Crippen LogP contribution is 2.18. The molecule has 158 valence electrons. The Hall–Kier alpha value is -2.06. The second-order valence-electron chi connectivity index (χ2n) is 7.61. The number of hydrogen-bond donors (Lipinski definition) is 1. The van der Waals surface area contributed by atoms with Crippen molar-refractivity contribution in [2.45, 2.75) is 38.4 Å². The van der Waals surface area contributed by atoms with Crippen LogP contribution in [0.25, 0.3) is 0 Å². The average molecular weight is 418 g/mol. The molecule has 0 atom stereocenters. The van der Waals surface area contributed by atoms with E-state index < -0.39 is 0 Å². The quantitative estimate of drug-likeness (QED) is 0.500. The number of nitrogens with one attached hydrogen (secondary N) is 1. The van der Waals surface area contributed by atoms with E-state index in [4.69, 9.17) is 4.74 Å². The molecule has 7 nitrogen and oxygen atoms in total. The van der Waals surface area contributed by atoms with Gasteiger partial charge in [0.25, 0.3) is 5.91 Å². The summed E-state index contributed by atoms with van der Waals surface area (Å²) >= 11 is 1.62. The third kappa shape index (κ3) is 5.96. The fourth-order valence-corrected chi connectivity index (χ4v) is 3.92.